The molecule has 49 heavy (non-hydrogen) atoms. The van der Waals surface area contributed by atoms with Crippen molar-refractivity contribution in [3.8, 4) is 34.8 Å². The predicted molar refractivity (Wildman–Crippen MR) is 175 cm³/mol. The Hall–Kier alpha value is -5.51. The molecule has 0 aliphatic carbocycles. The molecule has 2 heterocycles. The Morgan fingerprint density at radius 3 is 2.02 bits per heavy atom. The number of alkyl halides is 2. The number of primary sulfonamides is 1. The van der Waals surface area contributed by atoms with Gasteiger partial charge in [0.2, 0.25) is 10.0 Å². The minimum Gasteiger partial charge on any atom is -0.494 e. The van der Waals surface area contributed by atoms with E-state index < -0.39 is 38.8 Å². The quantitative estimate of drug-likeness (QED) is 0.191. The maximum Gasteiger partial charge on any atom is 0.282 e. The number of nitriles is 2. The number of hydrogen-bond acceptors (Lipinski definition) is 8. The van der Waals surface area contributed by atoms with Crippen LogP contribution in [-0.2, 0) is 27.4 Å². The zero-order chi connectivity index (χ0) is 36.1. The molecule has 0 unspecified atom stereocenters. The van der Waals surface area contributed by atoms with Gasteiger partial charge in [-0.3, -0.25) is 0 Å². The van der Waals surface area contributed by atoms with E-state index in [1.165, 1.54) is 54.5 Å². The molecule has 3 aromatic carbocycles. The topological polar surface area (TPSA) is 166 Å². The fourth-order valence-corrected chi connectivity index (χ4v) is 5.16. The summed E-state index contributed by atoms with van der Waals surface area (Å²) in [4.78, 5) is 3.81. The number of methoxy groups -OCH3 is 1. The van der Waals surface area contributed by atoms with Crippen molar-refractivity contribution in [1.29, 1.82) is 10.5 Å². The van der Waals surface area contributed by atoms with Crippen LogP contribution in [0.15, 0.2) is 84.3 Å². The second kappa shape index (κ2) is 14.3. The van der Waals surface area contributed by atoms with Crippen molar-refractivity contribution in [2.75, 3.05) is 7.11 Å². The Balaban J connectivity index is 0.000000226. The second-order valence-electron chi connectivity index (χ2n) is 12.0. The van der Waals surface area contributed by atoms with Crippen molar-refractivity contribution in [3.63, 3.8) is 0 Å². The lowest BCUT2D eigenvalue weighted by atomic mass is 9.79. The average Bonchev–Trinajstić information content (AvgIpc) is 3.75. The lowest BCUT2D eigenvalue weighted by Crippen LogP contribution is -2.20. The summed E-state index contributed by atoms with van der Waals surface area (Å²) in [6, 6.07) is 20.9. The van der Waals surface area contributed by atoms with Crippen LogP contribution in [0.4, 0.5) is 13.2 Å². The monoisotopic (exact) mass is 690 g/mol. The first-order valence-electron chi connectivity index (χ1n) is 14.6. The number of halogens is 3. The van der Waals surface area contributed by atoms with Gasteiger partial charge in [0.15, 0.2) is 11.6 Å². The third kappa shape index (κ3) is 8.51. The number of aromatic nitrogens is 5. The SMILES string of the molecule is CC(C)(C#N)c1cc(Cn2cncn2)cc(C(C)(C)C#N)c1.COc1ccc(-c2cc(C(F)F)nn2-c2ccc(S(N)(=O)=O)cc2)cc1F. The van der Waals surface area contributed by atoms with Crippen LogP contribution in [-0.4, -0.2) is 40.1 Å². The molecule has 2 N–H and O–H groups in total. The summed E-state index contributed by atoms with van der Waals surface area (Å²) >= 11 is 0. The normalized spacial score (nSPS) is 11.8. The summed E-state index contributed by atoms with van der Waals surface area (Å²) < 4.78 is 70.8. The highest BCUT2D eigenvalue weighted by Gasteiger charge is 2.26. The molecule has 0 radical (unpaired) electrons. The molecule has 0 aliphatic rings. The first kappa shape index (κ1) is 36.3. The molecule has 15 heteroatoms. The third-order valence-electron chi connectivity index (χ3n) is 7.62. The Bertz CT molecular complexity index is 2090. The zero-order valence-corrected chi connectivity index (χ0v) is 28.1. The maximum atomic E-state index is 14.0. The summed E-state index contributed by atoms with van der Waals surface area (Å²) in [7, 11) is -2.59. The van der Waals surface area contributed by atoms with Crippen LogP contribution < -0.4 is 9.88 Å². The molecule has 0 fully saturated rings. The van der Waals surface area contributed by atoms with Crippen LogP contribution in [0.25, 0.3) is 16.9 Å². The van der Waals surface area contributed by atoms with Crippen molar-refractivity contribution >= 4 is 10.0 Å². The first-order chi connectivity index (χ1) is 23.0. The number of ether oxygens (including phenoxy) is 1. The summed E-state index contributed by atoms with van der Waals surface area (Å²) in [5, 5.41) is 31.8. The van der Waals surface area contributed by atoms with E-state index in [1.54, 1.807) is 11.0 Å². The fraction of sp³-hybridized carbons (Fsp3) is 0.265. The maximum absolute atomic E-state index is 14.0. The summed E-state index contributed by atoms with van der Waals surface area (Å²) in [6.07, 6.45) is 0.303. The van der Waals surface area contributed by atoms with Crippen LogP contribution in [0.5, 0.6) is 5.75 Å². The Morgan fingerprint density at radius 1 is 0.939 bits per heavy atom. The Labute approximate surface area is 282 Å². The second-order valence-corrected chi connectivity index (χ2v) is 13.6. The number of sulfonamides is 1. The predicted octanol–water partition coefficient (Wildman–Crippen LogP) is 6.20. The van der Waals surface area contributed by atoms with Crippen LogP contribution in [0, 0.1) is 28.5 Å². The van der Waals surface area contributed by atoms with E-state index in [-0.39, 0.29) is 16.3 Å². The fourth-order valence-electron chi connectivity index (χ4n) is 4.65. The van der Waals surface area contributed by atoms with E-state index in [0.717, 1.165) is 28.8 Å². The molecule has 0 spiro atoms. The van der Waals surface area contributed by atoms with Gasteiger partial charge in [-0.2, -0.15) is 20.7 Å². The van der Waals surface area contributed by atoms with Crippen LogP contribution in [0.1, 0.15) is 56.5 Å². The van der Waals surface area contributed by atoms with Gasteiger partial charge in [0.05, 0.1) is 52.9 Å². The molecule has 0 aliphatic heterocycles. The van der Waals surface area contributed by atoms with Crippen molar-refractivity contribution in [3.05, 3.63) is 108 Å². The highest BCUT2D eigenvalue weighted by atomic mass is 32.2. The molecule has 0 amide bonds. The molecule has 2 aromatic heterocycles. The van der Waals surface area contributed by atoms with Crippen molar-refractivity contribution in [2.24, 2.45) is 5.14 Å². The van der Waals surface area contributed by atoms with Crippen LogP contribution >= 0.6 is 0 Å². The molecule has 0 atom stereocenters. The van der Waals surface area contributed by atoms with Crippen molar-refractivity contribution in [2.45, 2.75) is 56.4 Å². The van der Waals surface area contributed by atoms with Gasteiger partial charge in [0.1, 0.15) is 18.3 Å². The van der Waals surface area contributed by atoms with E-state index in [4.69, 9.17) is 9.88 Å². The number of benzene rings is 3. The molecule has 5 rings (SSSR count). The smallest absolute Gasteiger partial charge is 0.282 e. The van der Waals surface area contributed by atoms with E-state index >= 15 is 0 Å². The van der Waals surface area contributed by atoms with E-state index in [9.17, 15) is 32.1 Å². The van der Waals surface area contributed by atoms with E-state index in [0.29, 0.717) is 17.8 Å². The van der Waals surface area contributed by atoms with Gasteiger partial charge in [0.25, 0.3) is 6.43 Å². The van der Waals surface area contributed by atoms with Gasteiger partial charge in [-0.05, 0) is 92.9 Å². The third-order valence-corrected chi connectivity index (χ3v) is 8.54. The minimum absolute atomic E-state index is 0.0106. The molecule has 254 valence electrons. The molecule has 0 bridgehead atoms. The van der Waals surface area contributed by atoms with E-state index in [1.807, 2.05) is 45.9 Å². The Kier molecular flexibility index (Phi) is 10.6. The van der Waals surface area contributed by atoms with Gasteiger partial charge in [-0.1, -0.05) is 18.2 Å². The van der Waals surface area contributed by atoms with Gasteiger partial charge in [-0.25, -0.2) is 41.1 Å². The molecule has 5 aromatic rings. The number of nitrogens with two attached hydrogens (primary N) is 1. The summed E-state index contributed by atoms with van der Waals surface area (Å²) in [5.41, 5.74) is 1.90. The summed E-state index contributed by atoms with van der Waals surface area (Å²) in [6.45, 7) is 8.08. The van der Waals surface area contributed by atoms with Crippen molar-refractivity contribution in [1.82, 2.24) is 24.5 Å². The standard InChI is InChI=1S/C17H14F3N3O3S.C17H19N5/c1-26-16-7-2-10(8-13(16)18)15-9-14(17(19)20)22-23(15)11-3-5-12(6-4-11)27(21,24)25;1-16(2,9-18)14-5-13(8-22-12-20-11-21-22)6-15(7-14)17(3,4)10-19/h2-9,17H,1H3,(H2,21,24,25);5-7,11-12H,8H2,1-4H3. The number of hydrogen-bond donors (Lipinski definition) is 1. The van der Waals surface area contributed by atoms with Gasteiger partial charge >= 0.3 is 0 Å². The lowest BCUT2D eigenvalue weighted by Gasteiger charge is -2.23. The first-order valence-corrected chi connectivity index (χ1v) is 16.2. The largest absolute Gasteiger partial charge is 0.494 e. The minimum atomic E-state index is -3.90. The Morgan fingerprint density at radius 2 is 1.55 bits per heavy atom. The average molecular weight is 691 g/mol. The van der Waals surface area contributed by atoms with Gasteiger partial charge in [0, 0.05) is 5.56 Å². The number of nitrogens with zero attached hydrogens (tertiary/aromatic N) is 7. The molecule has 0 saturated carbocycles. The van der Waals surface area contributed by atoms with E-state index in [2.05, 4.69) is 27.3 Å². The van der Waals surface area contributed by atoms with Gasteiger partial charge < -0.3 is 4.74 Å². The van der Waals surface area contributed by atoms with Gasteiger partial charge in [-0.15, -0.1) is 0 Å². The number of rotatable bonds is 9. The zero-order valence-electron chi connectivity index (χ0n) is 27.3. The van der Waals surface area contributed by atoms with Crippen LogP contribution in [0.3, 0.4) is 0 Å². The summed E-state index contributed by atoms with van der Waals surface area (Å²) in [5.74, 6) is -0.651. The molecular weight excluding hydrogens is 657 g/mol. The highest BCUT2D eigenvalue weighted by molar-refractivity contribution is 7.89. The molecule has 0 saturated heterocycles. The lowest BCUT2D eigenvalue weighted by molar-refractivity contribution is 0.145. The van der Waals surface area contributed by atoms with Crippen LogP contribution in [0.2, 0.25) is 0 Å². The highest BCUT2D eigenvalue weighted by Crippen LogP contribution is 2.32. The van der Waals surface area contributed by atoms with Crippen molar-refractivity contribution < 1.29 is 26.3 Å². The molecule has 11 nitrogen and oxygen atoms in total. The molecular formula is C34H33F3N8O3S.